The van der Waals surface area contributed by atoms with Gasteiger partial charge in [0.25, 0.3) is 11.8 Å². The first-order valence-electron chi connectivity index (χ1n) is 18.2. The largest absolute Gasteiger partial charge is 0.467 e. The van der Waals surface area contributed by atoms with Crippen molar-refractivity contribution in [1.82, 2.24) is 35.1 Å². The summed E-state index contributed by atoms with van der Waals surface area (Å²) in [4.78, 5) is 82.8. The molecule has 3 fully saturated rings. The fourth-order valence-electron chi connectivity index (χ4n) is 6.40. The molecule has 5 rings (SSSR count). The first kappa shape index (κ1) is 39.0. The van der Waals surface area contributed by atoms with Crippen molar-refractivity contribution in [2.75, 3.05) is 45.9 Å². The third-order valence-electron chi connectivity index (χ3n) is 9.36. The Morgan fingerprint density at radius 2 is 1.70 bits per heavy atom. The van der Waals surface area contributed by atoms with Gasteiger partial charge in [-0.1, -0.05) is 6.07 Å². The molecule has 0 spiro atoms. The lowest BCUT2D eigenvalue weighted by molar-refractivity contribution is -0.147. The van der Waals surface area contributed by atoms with E-state index in [0.29, 0.717) is 19.4 Å². The van der Waals surface area contributed by atoms with E-state index < -0.39 is 54.3 Å². The molecule has 17 heteroatoms. The van der Waals surface area contributed by atoms with Crippen LogP contribution in [0.5, 0.6) is 5.88 Å². The monoisotopic (exact) mass is 741 g/mol. The number of benzene rings is 1. The summed E-state index contributed by atoms with van der Waals surface area (Å²) in [7, 11) is 0. The molecule has 2 saturated heterocycles. The van der Waals surface area contributed by atoms with Gasteiger partial charge in [-0.15, -0.1) is 0 Å². The Morgan fingerprint density at radius 3 is 2.36 bits per heavy atom. The van der Waals surface area contributed by atoms with Crippen LogP contribution in [0.25, 0.3) is 5.69 Å². The van der Waals surface area contributed by atoms with Gasteiger partial charge in [0.05, 0.1) is 18.4 Å². The Bertz CT molecular complexity index is 1650. The van der Waals surface area contributed by atoms with E-state index in [-0.39, 0.29) is 80.9 Å². The van der Waals surface area contributed by atoms with Crippen molar-refractivity contribution in [3.63, 3.8) is 0 Å². The molecule has 2 atom stereocenters. The zero-order valence-electron chi connectivity index (χ0n) is 30.4. The highest BCUT2D eigenvalue weighted by atomic mass is 19.1. The second-order valence-corrected chi connectivity index (χ2v) is 13.5. The molecule has 3 heterocycles. The normalized spacial score (nSPS) is 17.9. The minimum Gasteiger partial charge on any atom is -0.467 e. The first-order valence-corrected chi connectivity index (χ1v) is 18.2. The first-order chi connectivity index (χ1) is 25.4. The summed E-state index contributed by atoms with van der Waals surface area (Å²) in [5.41, 5.74) is -0.000671. The molecular weight excluding hydrogens is 693 g/mol. The van der Waals surface area contributed by atoms with Crippen LogP contribution in [0.2, 0.25) is 0 Å². The van der Waals surface area contributed by atoms with Crippen molar-refractivity contribution in [1.29, 1.82) is 0 Å². The maximum Gasteiger partial charge on any atom is 0.409 e. The van der Waals surface area contributed by atoms with E-state index in [4.69, 9.17) is 14.2 Å². The summed E-state index contributed by atoms with van der Waals surface area (Å²) in [6, 6.07) is 5.02. The maximum absolute atomic E-state index is 14.3. The molecule has 0 radical (unpaired) electrons. The standard InChI is InChI=1S/C36H48FN7O9/c1-4-51-36(50)42-18-16-41(17-19-42)35(49)27(13-14-32(46)53-23(2)3)39-33(47)28-21-31(44(40-28)26-11-5-8-24(37)20-26)52-22-30(45)43-15-7-12-29(43)34(48)38-25-9-6-10-25/h5,8,11,20-21,23,25,27,29H,4,6-7,9-10,12-19,22H2,1-3H3,(H,38,48)(H,39,47). The summed E-state index contributed by atoms with van der Waals surface area (Å²) in [6.07, 6.45) is 2.99. The number of rotatable bonds is 14. The van der Waals surface area contributed by atoms with E-state index in [0.717, 1.165) is 19.3 Å². The molecule has 2 N–H and O–H groups in total. The molecule has 16 nitrogen and oxygen atoms in total. The summed E-state index contributed by atoms with van der Waals surface area (Å²) in [6.45, 7) is 6.03. The van der Waals surface area contributed by atoms with Gasteiger partial charge in [-0.3, -0.25) is 24.0 Å². The predicted octanol–water partition coefficient (Wildman–Crippen LogP) is 2.18. The van der Waals surface area contributed by atoms with Crippen LogP contribution in [0.3, 0.4) is 0 Å². The number of carbonyl (C=O) groups excluding carboxylic acids is 6. The molecule has 0 bridgehead atoms. The highest BCUT2D eigenvalue weighted by Gasteiger charge is 2.36. The predicted molar refractivity (Wildman–Crippen MR) is 186 cm³/mol. The number of carbonyl (C=O) groups is 6. The Hall–Kier alpha value is -5.22. The number of nitrogens with one attached hydrogen (secondary N) is 2. The van der Waals surface area contributed by atoms with Crippen LogP contribution in [0.1, 0.15) is 76.2 Å². The number of aromatic nitrogens is 2. The molecule has 53 heavy (non-hydrogen) atoms. The summed E-state index contributed by atoms with van der Waals surface area (Å²) < 4.78 is 31.7. The lowest BCUT2D eigenvalue weighted by atomic mass is 9.93. The number of likely N-dealkylation sites (tertiary alicyclic amines) is 1. The van der Waals surface area contributed by atoms with Crippen LogP contribution in [-0.4, -0.2) is 130 Å². The van der Waals surface area contributed by atoms with Crippen LogP contribution >= 0.6 is 0 Å². The van der Waals surface area contributed by atoms with E-state index in [2.05, 4.69) is 15.7 Å². The van der Waals surface area contributed by atoms with E-state index in [1.165, 1.54) is 49.7 Å². The van der Waals surface area contributed by atoms with Crippen LogP contribution < -0.4 is 15.4 Å². The maximum atomic E-state index is 14.3. The number of ether oxygens (including phenoxy) is 3. The van der Waals surface area contributed by atoms with Crippen molar-refractivity contribution in [2.45, 2.75) is 89.9 Å². The second-order valence-electron chi connectivity index (χ2n) is 13.5. The average molecular weight is 742 g/mol. The molecule has 1 aromatic heterocycles. The molecule has 1 aliphatic carbocycles. The molecule has 1 saturated carbocycles. The minimum atomic E-state index is -1.17. The summed E-state index contributed by atoms with van der Waals surface area (Å²) >= 11 is 0. The van der Waals surface area contributed by atoms with E-state index in [1.54, 1.807) is 20.8 Å². The van der Waals surface area contributed by atoms with Gasteiger partial charge in [-0.2, -0.15) is 5.10 Å². The summed E-state index contributed by atoms with van der Waals surface area (Å²) in [5, 5.41) is 10.0. The van der Waals surface area contributed by atoms with Gasteiger partial charge < -0.3 is 39.5 Å². The molecule has 2 aliphatic heterocycles. The fourth-order valence-corrected chi connectivity index (χ4v) is 6.40. The highest BCUT2D eigenvalue weighted by Crippen LogP contribution is 2.24. The molecule has 5 amide bonds. The van der Waals surface area contributed by atoms with Crippen LogP contribution in [0.4, 0.5) is 9.18 Å². The zero-order chi connectivity index (χ0) is 38.1. The van der Waals surface area contributed by atoms with Crippen LogP contribution in [-0.2, 0) is 28.7 Å². The third-order valence-corrected chi connectivity index (χ3v) is 9.36. The van der Waals surface area contributed by atoms with Gasteiger partial charge >= 0.3 is 12.1 Å². The van der Waals surface area contributed by atoms with E-state index >= 15 is 0 Å². The Balaban J connectivity index is 1.31. The Morgan fingerprint density at radius 1 is 0.962 bits per heavy atom. The molecule has 1 aromatic carbocycles. The number of halogens is 1. The second kappa shape index (κ2) is 18.0. The number of hydrogen-bond acceptors (Lipinski definition) is 10. The number of hydrogen-bond donors (Lipinski definition) is 2. The molecule has 2 aromatic rings. The van der Waals surface area contributed by atoms with Crippen molar-refractivity contribution in [2.24, 2.45) is 0 Å². The van der Waals surface area contributed by atoms with E-state index in [1.807, 2.05) is 0 Å². The lowest BCUT2D eigenvalue weighted by Gasteiger charge is -2.35. The van der Waals surface area contributed by atoms with Gasteiger partial charge in [-0.05, 0) is 77.5 Å². The molecule has 3 aliphatic rings. The zero-order valence-corrected chi connectivity index (χ0v) is 30.4. The molecular formula is C36H48FN7O9. The van der Waals surface area contributed by atoms with E-state index in [9.17, 15) is 33.2 Å². The molecule has 2 unspecified atom stereocenters. The average Bonchev–Trinajstić information content (AvgIpc) is 3.78. The summed E-state index contributed by atoms with van der Waals surface area (Å²) in [5.74, 6) is -3.05. The minimum absolute atomic E-state index is 0.0535. The van der Waals surface area contributed by atoms with Gasteiger partial charge in [0.15, 0.2) is 12.3 Å². The van der Waals surface area contributed by atoms with Crippen molar-refractivity contribution >= 4 is 35.7 Å². The fraction of sp³-hybridized carbons (Fsp3) is 0.583. The SMILES string of the molecule is CCOC(=O)N1CCN(C(=O)C(CCC(=O)OC(C)C)NC(=O)c2cc(OCC(=O)N3CCCC3C(=O)NC3CCC3)n(-c3cccc(F)c3)n2)CC1. The number of nitrogens with zero attached hydrogens (tertiary/aromatic N) is 5. The van der Waals surface area contributed by atoms with Crippen molar-refractivity contribution < 1.29 is 47.4 Å². The smallest absolute Gasteiger partial charge is 0.409 e. The molecule has 288 valence electrons. The van der Waals surface area contributed by atoms with Crippen LogP contribution in [0.15, 0.2) is 30.3 Å². The lowest BCUT2D eigenvalue weighted by Crippen LogP contribution is -2.56. The Kier molecular flexibility index (Phi) is 13.3. The van der Waals surface area contributed by atoms with Gasteiger partial charge in [0.2, 0.25) is 17.7 Å². The van der Waals surface area contributed by atoms with Crippen molar-refractivity contribution in [3.05, 3.63) is 41.8 Å². The van der Waals surface area contributed by atoms with Crippen molar-refractivity contribution in [3.8, 4) is 11.6 Å². The Labute approximate surface area is 307 Å². The third kappa shape index (κ3) is 10.2. The van der Waals surface area contributed by atoms with Gasteiger partial charge in [0.1, 0.15) is 17.9 Å². The number of amides is 5. The number of piperazine rings is 1. The number of esters is 1. The highest BCUT2D eigenvalue weighted by molar-refractivity contribution is 5.96. The quantitative estimate of drug-likeness (QED) is 0.273. The van der Waals surface area contributed by atoms with Gasteiger partial charge in [-0.25, -0.2) is 13.9 Å². The van der Waals surface area contributed by atoms with Gasteiger partial charge in [0, 0.05) is 51.3 Å². The van der Waals surface area contributed by atoms with Crippen LogP contribution in [0, 0.1) is 5.82 Å². The topological polar surface area (TPSA) is 182 Å².